The maximum absolute atomic E-state index is 4.52. The molecule has 1 aliphatic carbocycles. The van der Waals surface area contributed by atoms with Crippen molar-refractivity contribution in [2.24, 2.45) is 5.92 Å². The van der Waals surface area contributed by atoms with Crippen LogP contribution in [0.2, 0.25) is 0 Å². The van der Waals surface area contributed by atoms with Gasteiger partial charge in [-0.2, -0.15) is 0 Å². The Balaban J connectivity index is 0.000000556. The van der Waals surface area contributed by atoms with Crippen molar-refractivity contribution >= 4 is 6.08 Å². The molecule has 0 amide bonds. The molecule has 0 bridgehead atoms. The molecule has 2 heteroatoms. The van der Waals surface area contributed by atoms with Crippen LogP contribution in [0.1, 0.15) is 95.8 Å². The molecule has 1 atom stereocenters. The predicted octanol–water partition coefficient (Wildman–Crippen LogP) is 8.15. The third-order valence-electron chi connectivity index (χ3n) is 6.21. The van der Waals surface area contributed by atoms with Gasteiger partial charge in [0.1, 0.15) is 0 Å². The highest BCUT2D eigenvalue weighted by molar-refractivity contribution is 5.50. The number of rotatable bonds is 11. The number of allylic oxidation sites excluding steroid dienone is 1. The lowest BCUT2D eigenvalue weighted by Crippen LogP contribution is -2.37. The molecule has 3 rings (SSSR count). The van der Waals surface area contributed by atoms with Crippen LogP contribution < -0.4 is 5.32 Å². The Morgan fingerprint density at radius 3 is 2.34 bits per heavy atom. The fraction of sp³-hybridized carbons (Fsp3) is 0.600. The quantitative estimate of drug-likeness (QED) is 0.277. The monoisotopic (exact) mass is 438 g/mol. The second-order valence-electron chi connectivity index (χ2n) is 8.81. The molecule has 1 aromatic carbocycles. The molecule has 1 N–H and O–H groups in total. The molecule has 1 heterocycles. The van der Waals surface area contributed by atoms with Crippen LogP contribution >= 0.6 is 0 Å². The van der Waals surface area contributed by atoms with Gasteiger partial charge in [0.15, 0.2) is 0 Å². The van der Waals surface area contributed by atoms with Crippen LogP contribution in [0.5, 0.6) is 0 Å². The number of hydrogen-bond donors (Lipinski definition) is 1. The van der Waals surface area contributed by atoms with E-state index in [0.717, 1.165) is 26.1 Å². The highest BCUT2D eigenvalue weighted by Crippen LogP contribution is 2.35. The smallest absolute Gasteiger partial charge is 0.0432 e. The second-order valence-corrected chi connectivity index (χ2v) is 8.81. The largest absolute Gasteiger partial charge is 0.368 e. The van der Waals surface area contributed by atoms with Gasteiger partial charge in [-0.25, -0.2) is 0 Å². The lowest BCUT2D eigenvalue weighted by Gasteiger charge is -2.35. The van der Waals surface area contributed by atoms with Gasteiger partial charge in [-0.15, -0.1) is 6.58 Å². The highest BCUT2D eigenvalue weighted by Gasteiger charge is 2.33. The van der Waals surface area contributed by atoms with Gasteiger partial charge in [0.25, 0.3) is 0 Å². The zero-order valence-corrected chi connectivity index (χ0v) is 21.6. The van der Waals surface area contributed by atoms with Gasteiger partial charge in [0.05, 0.1) is 0 Å². The van der Waals surface area contributed by atoms with E-state index in [1.807, 2.05) is 26.0 Å². The molecule has 0 aromatic heterocycles. The molecule has 2 fully saturated rings. The molecule has 1 saturated heterocycles. The topological polar surface area (TPSA) is 15.3 Å². The van der Waals surface area contributed by atoms with Crippen LogP contribution in [0.4, 0.5) is 0 Å². The first-order chi connectivity index (χ1) is 15.6. The Morgan fingerprint density at radius 1 is 1.09 bits per heavy atom. The van der Waals surface area contributed by atoms with E-state index in [0.29, 0.717) is 12.0 Å². The number of unbranched alkanes of at least 4 members (excludes halogenated alkanes) is 2. The van der Waals surface area contributed by atoms with E-state index in [1.54, 1.807) is 0 Å². The Hall–Kier alpha value is -1.80. The lowest BCUT2D eigenvalue weighted by molar-refractivity contribution is 0.261. The summed E-state index contributed by atoms with van der Waals surface area (Å²) in [5.41, 5.74) is 5.54. The summed E-state index contributed by atoms with van der Waals surface area (Å²) >= 11 is 0. The minimum atomic E-state index is 0.608. The van der Waals surface area contributed by atoms with Gasteiger partial charge < -0.3 is 10.2 Å². The van der Waals surface area contributed by atoms with Gasteiger partial charge in [0.2, 0.25) is 0 Å². The third kappa shape index (κ3) is 9.77. The zero-order chi connectivity index (χ0) is 23.8. The normalized spacial score (nSPS) is 17.2. The summed E-state index contributed by atoms with van der Waals surface area (Å²) in [6.45, 7) is 23.8. The fourth-order valence-corrected chi connectivity index (χ4v) is 4.19. The Labute approximate surface area is 199 Å². The summed E-state index contributed by atoms with van der Waals surface area (Å²) in [4.78, 5) is 2.61. The number of piperidine rings is 1. The van der Waals surface area contributed by atoms with Gasteiger partial charge in [-0.1, -0.05) is 84.4 Å². The summed E-state index contributed by atoms with van der Waals surface area (Å²) in [5.74, 6) is 0.608. The molecule has 1 unspecified atom stereocenters. The van der Waals surface area contributed by atoms with Crippen molar-refractivity contribution in [3.05, 3.63) is 66.4 Å². The fourth-order valence-electron chi connectivity index (χ4n) is 4.19. The first-order valence-electron chi connectivity index (χ1n) is 13.2. The van der Waals surface area contributed by atoms with E-state index in [-0.39, 0.29) is 0 Å². The van der Waals surface area contributed by atoms with Gasteiger partial charge in [-0.05, 0) is 67.8 Å². The molecule has 1 aromatic rings. The lowest BCUT2D eigenvalue weighted by atomic mass is 9.94. The Morgan fingerprint density at radius 2 is 1.84 bits per heavy atom. The van der Waals surface area contributed by atoms with Crippen molar-refractivity contribution < 1.29 is 0 Å². The van der Waals surface area contributed by atoms with E-state index in [9.17, 15) is 0 Å². The van der Waals surface area contributed by atoms with Gasteiger partial charge >= 0.3 is 0 Å². The second kappa shape index (κ2) is 16.8. The van der Waals surface area contributed by atoms with Crippen LogP contribution in [0.3, 0.4) is 0 Å². The van der Waals surface area contributed by atoms with Gasteiger partial charge in [-0.3, -0.25) is 0 Å². The predicted molar refractivity (Wildman–Crippen MR) is 145 cm³/mol. The van der Waals surface area contributed by atoms with E-state index in [1.165, 1.54) is 73.8 Å². The van der Waals surface area contributed by atoms with E-state index in [2.05, 4.69) is 62.0 Å². The number of nitrogens with one attached hydrogen (secondary N) is 1. The number of hydrogen-bond acceptors (Lipinski definition) is 2. The van der Waals surface area contributed by atoms with Gasteiger partial charge in [0, 0.05) is 30.7 Å². The SMILES string of the molecule is C=CCCCC.C=Cc1ccc(CCC)c(CN(C(=C)C2CCCNC2)C2CC2)c1.CC. The van der Waals surface area contributed by atoms with Crippen molar-refractivity contribution in [1.82, 2.24) is 10.2 Å². The third-order valence-corrected chi connectivity index (χ3v) is 6.21. The summed E-state index contributed by atoms with van der Waals surface area (Å²) in [5, 5.41) is 3.54. The van der Waals surface area contributed by atoms with Crippen LogP contribution in [-0.4, -0.2) is 24.0 Å². The Kier molecular flexibility index (Phi) is 14.8. The van der Waals surface area contributed by atoms with Crippen molar-refractivity contribution in [1.29, 1.82) is 0 Å². The standard InChI is InChI=1S/C22H32N2.C6H12.C2H6/c1-4-7-19-10-9-18(5-2)14-21(19)16-24(22-11-12-22)17(3)20-8-6-13-23-15-20;1-3-5-6-4-2;1-2/h5,9-10,14,20,22-23H,2-4,6-8,11-13,15-16H2,1H3;3H,1,4-6H2,2H3;1-2H3. The van der Waals surface area contributed by atoms with Crippen molar-refractivity contribution in [3.8, 4) is 0 Å². The first kappa shape index (κ1) is 28.2. The zero-order valence-electron chi connectivity index (χ0n) is 21.6. The maximum Gasteiger partial charge on any atom is 0.0432 e. The summed E-state index contributed by atoms with van der Waals surface area (Å²) in [6, 6.07) is 7.54. The summed E-state index contributed by atoms with van der Waals surface area (Å²) < 4.78 is 0. The molecule has 2 aliphatic rings. The van der Waals surface area contributed by atoms with Crippen molar-refractivity contribution in [2.45, 2.75) is 98.1 Å². The first-order valence-corrected chi connectivity index (χ1v) is 13.2. The molecule has 2 nitrogen and oxygen atoms in total. The van der Waals surface area contributed by atoms with E-state index >= 15 is 0 Å². The van der Waals surface area contributed by atoms with Crippen molar-refractivity contribution in [3.63, 3.8) is 0 Å². The van der Waals surface area contributed by atoms with Crippen molar-refractivity contribution in [2.75, 3.05) is 13.1 Å². The molecule has 0 radical (unpaired) electrons. The molecular weight excluding hydrogens is 388 g/mol. The van der Waals surface area contributed by atoms with Crippen LogP contribution in [-0.2, 0) is 13.0 Å². The highest BCUT2D eigenvalue weighted by atomic mass is 15.2. The maximum atomic E-state index is 4.52. The van der Waals surface area contributed by atoms with Crippen LogP contribution in [0.15, 0.2) is 49.7 Å². The molecule has 180 valence electrons. The molecule has 1 aliphatic heterocycles. The summed E-state index contributed by atoms with van der Waals surface area (Å²) in [7, 11) is 0. The molecule has 32 heavy (non-hydrogen) atoms. The van der Waals surface area contributed by atoms with E-state index < -0.39 is 0 Å². The minimum Gasteiger partial charge on any atom is -0.368 e. The van der Waals surface area contributed by atoms with Crippen LogP contribution in [0.25, 0.3) is 6.08 Å². The number of nitrogens with zero attached hydrogens (tertiary/aromatic N) is 1. The molecular formula is C30H50N2. The number of benzene rings is 1. The average Bonchev–Trinajstić information content (AvgIpc) is 3.69. The van der Waals surface area contributed by atoms with Crippen LogP contribution in [0, 0.1) is 5.92 Å². The minimum absolute atomic E-state index is 0.608. The number of aryl methyl sites for hydroxylation is 1. The average molecular weight is 439 g/mol. The van der Waals surface area contributed by atoms with E-state index in [4.69, 9.17) is 0 Å². The summed E-state index contributed by atoms with van der Waals surface area (Å²) in [6.07, 6.45) is 15.2. The molecule has 0 spiro atoms. The Bertz CT molecular complexity index is 665. The molecule has 1 saturated carbocycles.